The van der Waals surface area contributed by atoms with Gasteiger partial charge in [-0.25, -0.2) is 4.79 Å². The minimum Gasteiger partial charge on any atom is -0.377 e. The predicted molar refractivity (Wildman–Crippen MR) is 91.3 cm³/mol. The molecule has 0 radical (unpaired) electrons. The minimum atomic E-state index is 0.0387. The number of nitrogens with zero attached hydrogens (tertiary/aromatic N) is 2. The zero-order valence-corrected chi connectivity index (χ0v) is 14.3. The van der Waals surface area contributed by atoms with Crippen LogP contribution in [0.4, 0.5) is 4.79 Å². The SMILES string of the molecule is CCCO[C@H](C)CNC(=O)N1CCC(Cc2cccnc2)CC1. The smallest absolute Gasteiger partial charge is 0.317 e. The van der Waals surface area contributed by atoms with Crippen molar-refractivity contribution in [3.63, 3.8) is 0 Å². The first-order valence-corrected chi connectivity index (χ1v) is 8.72. The molecule has 1 aliphatic heterocycles. The van der Waals surface area contributed by atoms with Crippen LogP contribution >= 0.6 is 0 Å². The standard InChI is InChI=1S/C18H29N3O2/c1-3-11-23-15(2)13-20-18(22)21-9-6-16(7-10-21)12-17-5-4-8-19-14-17/h4-5,8,14-16H,3,6-7,9-13H2,1-2H3,(H,20,22)/t15-/m1/s1. The summed E-state index contributed by atoms with van der Waals surface area (Å²) < 4.78 is 5.57. The number of carbonyl (C=O) groups is 1. The number of nitrogens with one attached hydrogen (secondary N) is 1. The Bertz CT molecular complexity index is 459. The first-order valence-electron chi connectivity index (χ1n) is 8.72. The molecular formula is C18H29N3O2. The van der Waals surface area contributed by atoms with E-state index < -0.39 is 0 Å². The maximum atomic E-state index is 12.2. The maximum Gasteiger partial charge on any atom is 0.317 e. The second-order valence-electron chi connectivity index (χ2n) is 6.36. The van der Waals surface area contributed by atoms with Crippen molar-refractivity contribution in [1.29, 1.82) is 0 Å². The van der Waals surface area contributed by atoms with E-state index in [1.165, 1.54) is 5.56 Å². The number of piperidine rings is 1. The third-order valence-corrected chi connectivity index (χ3v) is 4.30. The third-order valence-electron chi connectivity index (χ3n) is 4.30. The van der Waals surface area contributed by atoms with Crippen molar-refractivity contribution in [3.8, 4) is 0 Å². The summed E-state index contributed by atoms with van der Waals surface area (Å²) in [6, 6.07) is 4.15. The van der Waals surface area contributed by atoms with Gasteiger partial charge >= 0.3 is 6.03 Å². The van der Waals surface area contributed by atoms with E-state index in [-0.39, 0.29) is 12.1 Å². The van der Waals surface area contributed by atoms with Gasteiger partial charge in [-0.15, -0.1) is 0 Å². The first kappa shape index (κ1) is 17.7. The van der Waals surface area contributed by atoms with Gasteiger partial charge in [0.15, 0.2) is 0 Å². The Morgan fingerprint density at radius 3 is 2.91 bits per heavy atom. The topological polar surface area (TPSA) is 54.5 Å². The molecule has 2 heterocycles. The van der Waals surface area contributed by atoms with Crippen LogP contribution in [-0.4, -0.2) is 48.3 Å². The molecule has 1 fully saturated rings. The van der Waals surface area contributed by atoms with Crippen LogP contribution < -0.4 is 5.32 Å². The number of hydrogen-bond acceptors (Lipinski definition) is 3. The van der Waals surface area contributed by atoms with Crippen LogP contribution in [0, 0.1) is 5.92 Å². The molecule has 0 bridgehead atoms. The Labute approximate surface area is 139 Å². The van der Waals surface area contributed by atoms with Crippen LogP contribution in [0.5, 0.6) is 0 Å². The van der Waals surface area contributed by atoms with Gasteiger partial charge in [0.1, 0.15) is 0 Å². The van der Waals surface area contributed by atoms with Gasteiger partial charge in [-0.05, 0) is 50.2 Å². The highest BCUT2D eigenvalue weighted by Crippen LogP contribution is 2.21. The summed E-state index contributed by atoms with van der Waals surface area (Å²) in [5, 5.41) is 2.98. The number of likely N-dealkylation sites (tertiary alicyclic amines) is 1. The summed E-state index contributed by atoms with van der Waals surface area (Å²) in [6.45, 7) is 7.07. The summed E-state index contributed by atoms with van der Waals surface area (Å²) in [6.07, 6.45) is 8.00. The van der Waals surface area contributed by atoms with Crippen molar-refractivity contribution in [2.75, 3.05) is 26.2 Å². The fourth-order valence-electron chi connectivity index (χ4n) is 2.91. The molecule has 1 aromatic rings. The summed E-state index contributed by atoms with van der Waals surface area (Å²) in [4.78, 5) is 18.3. The summed E-state index contributed by atoms with van der Waals surface area (Å²) in [7, 11) is 0. The lowest BCUT2D eigenvalue weighted by molar-refractivity contribution is 0.0660. The molecule has 0 spiro atoms. The molecule has 1 saturated heterocycles. The molecule has 1 N–H and O–H groups in total. The molecule has 1 aromatic heterocycles. The average Bonchev–Trinajstić information content (AvgIpc) is 2.59. The maximum absolute atomic E-state index is 12.2. The highest BCUT2D eigenvalue weighted by atomic mass is 16.5. The summed E-state index contributed by atoms with van der Waals surface area (Å²) in [5.41, 5.74) is 1.29. The zero-order valence-electron chi connectivity index (χ0n) is 14.3. The first-order chi connectivity index (χ1) is 11.2. The Morgan fingerprint density at radius 1 is 1.48 bits per heavy atom. The van der Waals surface area contributed by atoms with Crippen molar-refractivity contribution in [2.45, 2.75) is 45.6 Å². The molecule has 23 heavy (non-hydrogen) atoms. The molecule has 0 saturated carbocycles. The normalized spacial score (nSPS) is 17.0. The molecule has 2 rings (SSSR count). The molecule has 1 aliphatic rings. The van der Waals surface area contributed by atoms with Crippen LogP contribution in [0.1, 0.15) is 38.7 Å². The molecule has 5 nitrogen and oxygen atoms in total. The minimum absolute atomic E-state index is 0.0387. The largest absolute Gasteiger partial charge is 0.377 e. The van der Waals surface area contributed by atoms with Crippen LogP contribution in [0.2, 0.25) is 0 Å². The van der Waals surface area contributed by atoms with E-state index in [4.69, 9.17) is 4.74 Å². The number of rotatable bonds is 7. The van der Waals surface area contributed by atoms with E-state index >= 15 is 0 Å². The number of aromatic nitrogens is 1. The summed E-state index contributed by atoms with van der Waals surface area (Å²) in [5.74, 6) is 0.648. The van der Waals surface area contributed by atoms with Gasteiger partial charge < -0.3 is 15.0 Å². The van der Waals surface area contributed by atoms with Gasteiger partial charge in [-0.1, -0.05) is 13.0 Å². The van der Waals surface area contributed by atoms with Crippen LogP contribution in [0.25, 0.3) is 0 Å². The fraction of sp³-hybridized carbons (Fsp3) is 0.667. The van der Waals surface area contributed by atoms with Gasteiger partial charge in [0, 0.05) is 38.6 Å². The Morgan fingerprint density at radius 2 is 2.26 bits per heavy atom. The Kier molecular flexibility index (Phi) is 7.33. The van der Waals surface area contributed by atoms with Gasteiger partial charge in [-0.3, -0.25) is 4.98 Å². The number of urea groups is 1. The lowest BCUT2D eigenvalue weighted by Gasteiger charge is -2.32. The quantitative estimate of drug-likeness (QED) is 0.841. The van der Waals surface area contributed by atoms with Crippen LogP contribution in [0.15, 0.2) is 24.5 Å². The Hall–Kier alpha value is -1.62. The monoisotopic (exact) mass is 319 g/mol. The molecule has 0 aromatic carbocycles. The second-order valence-corrected chi connectivity index (χ2v) is 6.36. The number of carbonyl (C=O) groups excluding carboxylic acids is 1. The number of pyridine rings is 1. The third kappa shape index (κ3) is 6.18. The van der Waals surface area contributed by atoms with Crippen molar-refractivity contribution in [1.82, 2.24) is 15.2 Å². The van der Waals surface area contributed by atoms with E-state index in [0.29, 0.717) is 12.5 Å². The fourth-order valence-corrected chi connectivity index (χ4v) is 2.91. The van der Waals surface area contributed by atoms with E-state index in [0.717, 1.165) is 45.4 Å². The van der Waals surface area contributed by atoms with Crippen LogP contribution in [0.3, 0.4) is 0 Å². The predicted octanol–water partition coefficient (Wildman–Crippen LogP) is 2.86. The molecule has 0 aliphatic carbocycles. The zero-order chi connectivity index (χ0) is 16.5. The second kappa shape index (κ2) is 9.50. The molecule has 2 amide bonds. The van der Waals surface area contributed by atoms with Gasteiger partial charge in [-0.2, -0.15) is 0 Å². The highest BCUT2D eigenvalue weighted by Gasteiger charge is 2.23. The van der Waals surface area contributed by atoms with Gasteiger partial charge in [0.05, 0.1) is 6.10 Å². The van der Waals surface area contributed by atoms with Crippen molar-refractivity contribution in [2.24, 2.45) is 5.92 Å². The van der Waals surface area contributed by atoms with E-state index in [9.17, 15) is 4.79 Å². The molecule has 128 valence electrons. The molecule has 5 heteroatoms. The molecular weight excluding hydrogens is 290 g/mol. The van der Waals surface area contributed by atoms with Crippen molar-refractivity contribution < 1.29 is 9.53 Å². The number of ether oxygens (including phenoxy) is 1. The van der Waals surface area contributed by atoms with Crippen LogP contribution in [-0.2, 0) is 11.2 Å². The number of hydrogen-bond donors (Lipinski definition) is 1. The number of amides is 2. The van der Waals surface area contributed by atoms with E-state index in [1.54, 1.807) is 0 Å². The lowest BCUT2D eigenvalue weighted by atomic mass is 9.91. The van der Waals surface area contributed by atoms with Crippen molar-refractivity contribution >= 4 is 6.03 Å². The Balaban J connectivity index is 1.66. The molecule has 1 atom stereocenters. The van der Waals surface area contributed by atoms with Gasteiger partial charge in [0.25, 0.3) is 0 Å². The van der Waals surface area contributed by atoms with Crippen molar-refractivity contribution in [3.05, 3.63) is 30.1 Å². The van der Waals surface area contributed by atoms with E-state index in [1.807, 2.05) is 30.3 Å². The lowest BCUT2D eigenvalue weighted by Crippen LogP contribution is -2.46. The van der Waals surface area contributed by atoms with E-state index in [2.05, 4.69) is 23.3 Å². The average molecular weight is 319 g/mol. The molecule has 0 unspecified atom stereocenters. The van der Waals surface area contributed by atoms with Gasteiger partial charge in [0.2, 0.25) is 0 Å². The summed E-state index contributed by atoms with van der Waals surface area (Å²) >= 11 is 0. The highest BCUT2D eigenvalue weighted by molar-refractivity contribution is 5.74.